The molecule has 3 heterocycles. The molecule has 0 radical (unpaired) electrons. The summed E-state index contributed by atoms with van der Waals surface area (Å²) in [5.41, 5.74) is 7.25. The van der Waals surface area contributed by atoms with Gasteiger partial charge in [0.25, 0.3) is 0 Å². The Morgan fingerprint density at radius 2 is 2.21 bits per heavy atom. The molecule has 1 aliphatic heterocycles. The third-order valence-corrected chi connectivity index (χ3v) is 7.89. The molecule has 7 heteroatoms. The average molecular weight is 470 g/mol. The lowest BCUT2D eigenvalue weighted by Crippen LogP contribution is -2.13. The molecule has 1 fully saturated rings. The lowest BCUT2D eigenvalue weighted by atomic mass is 9.93. The summed E-state index contributed by atoms with van der Waals surface area (Å²) in [6, 6.07) is 10.5. The highest BCUT2D eigenvalue weighted by Gasteiger charge is 2.40. The first-order chi connectivity index (χ1) is 16.5. The van der Waals surface area contributed by atoms with Gasteiger partial charge in [0.1, 0.15) is 6.29 Å². The highest BCUT2D eigenvalue weighted by Crippen LogP contribution is 2.50. The van der Waals surface area contributed by atoms with Gasteiger partial charge in [-0.15, -0.1) is 11.3 Å². The summed E-state index contributed by atoms with van der Waals surface area (Å²) in [4.78, 5) is 16.8. The van der Waals surface area contributed by atoms with Crippen molar-refractivity contribution < 1.29 is 4.79 Å². The Hall–Kier alpha value is -3.50. The fraction of sp³-hybridized carbons (Fsp3) is 0.333. The molecule has 0 spiro atoms. The van der Waals surface area contributed by atoms with Crippen LogP contribution in [0.25, 0.3) is 21.3 Å². The van der Waals surface area contributed by atoms with E-state index >= 15 is 0 Å². The van der Waals surface area contributed by atoms with Crippen molar-refractivity contribution >= 4 is 39.7 Å². The Labute approximate surface area is 203 Å². The quantitative estimate of drug-likeness (QED) is 0.213. The number of carbonyl (C=O) groups is 1. The van der Waals surface area contributed by atoms with Gasteiger partial charge in [0.05, 0.1) is 34.6 Å². The Morgan fingerprint density at radius 1 is 1.35 bits per heavy atom. The van der Waals surface area contributed by atoms with Crippen LogP contribution in [0.15, 0.2) is 47.2 Å². The van der Waals surface area contributed by atoms with Gasteiger partial charge in [-0.1, -0.05) is 6.92 Å². The van der Waals surface area contributed by atoms with E-state index in [4.69, 9.17) is 0 Å². The number of nitriles is 1. The number of nitrogens with zero attached hydrogens (tertiary/aromatic N) is 4. The molecular formula is C27H27N5OS. The van der Waals surface area contributed by atoms with E-state index in [1.54, 1.807) is 17.4 Å². The van der Waals surface area contributed by atoms with Crippen molar-refractivity contribution in [3.63, 3.8) is 0 Å². The summed E-state index contributed by atoms with van der Waals surface area (Å²) >= 11 is 1.71. The molecule has 5 rings (SSSR count). The summed E-state index contributed by atoms with van der Waals surface area (Å²) in [5.74, 6) is 0. The normalized spacial score (nSPS) is 16.7. The van der Waals surface area contributed by atoms with Gasteiger partial charge in [-0.2, -0.15) is 10.4 Å². The number of hydrazone groups is 1. The van der Waals surface area contributed by atoms with Crippen LogP contribution in [0.4, 0.5) is 5.69 Å². The van der Waals surface area contributed by atoms with Crippen LogP contribution >= 0.6 is 11.3 Å². The number of allylic oxidation sites excluding steroid dienone is 2. The first kappa shape index (κ1) is 22.3. The number of carbonyl (C=O) groups excluding carboxylic acids is 1. The smallest absolute Gasteiger partial charge is 0.143 e. The molecule has 1 saturated carbocycles. The van der Waals surface area contributed by atoms with Gasteiger partial charge in [-0.05, 0) is 72.6 Å². The molecule has 1 aliphatic carbocycles. The number of anilines is 1. The predicted octanol–water partition coefficient (Wildman–Crippen LogP) is 5.54. The fourth-order valence-corrected chi connectivity index (χ4v) is 5.72. The second-order valence-electron chi connectivity index (χ2n) is 9.36. The van der Waals surface area contributed by atoms with Crippen LogP contribution in [0.3, 0.4) is 0 Å². The van der Waals surface area contributed by atoms with Crippen molar-refractivity contribution in [3.05, 3.63) is 58.1 Å². The monoisotopic (exact) mass is 469 g/mol. The van der Waals surface area contributed by atoms with Crippen LogP contribution in [-0.4, -0.2) is 36.1 Å². The predicted molar refractivity (Wildman–Crippen MR) is 138 cm³/mol. The number of hydrogen-bond donors (Lipinski definition) is 1. The first-order valence-electron chi connectivity index (χ1n) is 11.6. The summed E-state index contributed by atoms with van der Waals surface area (Å²) < 4.78 is 1.12. The number of aryl methyl sites for hydroxylation is 1. The standard InChI is InChI=1S/C27H27N5OS/c1-27(7-8-27)20(6-11-33)16-31-32(2)17-21-14-24-26(34-21)22(5-10-29-24)23-13-18(15-28)12-19-4-3-9-30-25(19)23/h5-6,10-14,16,30H,3-4,7-9,17H2,1-2H3/b20-6+,31-16-. The van der Waals surface area contributed by atoms with E-state index in [9.17, 15) is 10.1 Å². The maximum atomic E-state index is 11.0. The third kappa shape index (κ3) is 4.34. The summed E-state index contributed by atoms with van der Waals surface area (Å²) in [6.07, 6.45) is 10.4. The highest BCUT2D eigenvalue weighted by molar-refractivity contribution is 7.19. The molecule has 0 unspecified atom stereocenters. The number of nitrogens with one attached hydrogen (secondary N) is 1. The van der Waals surface area contributed by atoms with Gasteiger partial charge in [0.15, 0.2) is 0 Å². The second kappa shape index (κ2) is 9.03. The molecular weight excluding hydrogens is 442 g/mol. The number of fused-ring (bicyclic) bond motifs is 2. The van der Waals surface area contributed by atoms with Gasteiger partial charge < -0.3 is 5.32 Å². The van der Waals surface area contributed by atoms with Crippen LogP contribution in [-0.2, 0) is 17.8 Å². The van der Waals surface area contributed by atoms with E-state index in [2.05, 4.69) is 34.5 Å². The number of thiophene rings is 1. The van der Waals surface area contributed by atoms with Gasteiger partial charge in [-0.25, -0.2) is 0 Å². The Balaban J connectivity index is 1.45. The number of rotatable bonds is 7. The Kier molecular flexibility index (Phi) is 5.93. The van der Waals surface area contributed by atoms with Crippen molar-refractivity contribution in [2.75, 3.05) is 18.9 Å². The zero-order chi connectivity index (χ0) is 23.7. The number of pyridine rings is 1. The number of aldehydes is 1. The first-order valence-corrected chi connectivity index (χ1v) is 12.4. The minimum absolute atomic E-state index is 0.0901. The van der Waals surface area contributed by atoms with Crippen LogP contribution in [0, 0.1) is 16.7 Å². The van der Waals surface area contributed by atoms with Crippen LogP contribution < -0.4 is 5.32 Å². The number of hydrogen-bond acceptors (Lipinski definition) is 7. The maximum Gasteiger partial charge on any atom is 0.143 e. The average Bonchev–Trinajstić information content (AvgIpc) is 3.46. The lowest BCUT2D eigenvalue weighted by molar-refractivity contribution is -0.104. The third-order valence-electron chi connectivity index (χ3n) is 6.75. The molecule has 0 bridgehead atoms. The highest BCUT2D eigenvalue weighted by atomic mass is 32.1. The van der Waals surface area contributed by atoms with E-state index in [1.165, 1.54) is 5.56 Å². The van der Waals surface area contributed by atoms with Gasteiger partial charge in [0, 0.05) is 41.5 Å². The van der Waals surface area contributed by atoms with Crippen LogP contribution in [0.5, 0.6) is 0 Å². The topological polar surface area (TPSA) is 81.4 Å². The molecule has 2 aliphatic rings. The van der Waals surface area contributed by atoms with E-state index in [-0.39, 0.29) is 5.41 Å². The second-order valence-corrected chi connectivity index (χ2v) is 10.5. The zero-order valence-corrected chi connectivity index (χ0v) is 20.3. The van der Waals surface area contributed by atoms with Crippen LogP contribution in [0.2, 0.25) is 0 Å². The molecule has 3 aromatic rings. The number of aromatic nitrogens is 1. The molecule has 172 valence electrons. The van der Waals surface area contributed by atoms with Gasteiger partial charge in [0.2, 0.25) is 0 Å². The SMILES string of the molecule is CN(Cc1cc2nccc(-c3cc(C#N)cc4c3NCCC4)c2s1)/N=C\C(=C/C=O)C1(C)CC1. The van der Waals surface area contributed by atoms with Gasteiger partial charge in [-0.3, -0.25) is 14.8 Å². The van der Waals surface area contributed by atoms with Gasteiger partial charge >= 0.3 is 0 Å². The van der Waals surface area contributed by atoms with Crippen molar-refractivity contribution in [2.24, 2.45) is 10.5 Å². The minimum Gasteiger partial charge on any atom is -0.384 e. The maximum absolute atomic E-state index is 11.0. The summed E-state index contributed by atoms with van der Waals surface area (Å²) in [5, 5.41) is 19.6. The molecule has 1 N–H and O–H groups in total. The minimum atomic E-state index is 0.0901. The molecule has 0 saturated heterocycles. The number of benzene rings is 1. The van der Waals surface area contributed by atoms with E-state index in [1.807, 2.05) is 42.7 Å². The van der Waals surface area contributed by atoms with Crippen molar-refractivity contribution in [2.45, 2.75) is 39.2 Å². The lowest BCUT2D eigenvalue weighted by Gasteiger charge is -2.22. The molecule has 34 heavy (non-hydrogen) atoms. The molecule has 1 aromatic carbocycles. The van der Waals surface area contributed by atoms with Crippen LogP contribution in [0.1, 0.15) is 42.2 Å². The molecule has 6 nitrogen and oxygen atoms in total. The molecule has 2 aromatic heterocycles. The Morgan fingerprint density at radius 3 is 2.97 bits per heavy atom. The van der Waals surface area contributed by atoms with Crippen molar-refractivity contribution in [1.82, 2.24) is 9.99 Å². The summed E-state index contributed by atoms with van der Waals surface area (Å²) in [7, 11) is 1.94. The Bertz CT molecular complexity index is 1360. The largest absolute Gasteiger partial charge is 0.384 e. The van der Waals surface area contributed by atoms with E-state index < -0.39 is 0 Å². The van der Waals surface area contributed by atoms with Crippen molar-refractivity contribution in [1.29, 1.82) is 5.26 Å². The van der Waals surface area contributed by atoms with E-state index in [0.717, 1.165) is 76.0 Å². The van der Waals surface area contributed by atoms with Crippen molar-refractivity contribution in [3.8, 4) is 17.2 Å². The van der Waals surface area contributed by atoms with E-state index in [0.29, 0.717) is 12.1 Å². The zero-order valence-electron chi connectivity index (χ0n) is 19.5. The summed E-state index contributed by atoms with van der Waals surface area (Å²) in [6.45, 7) is 3.76. The fourth-order valence-electron chi connectivity index (χ4n) is 4.53. The molecule has 0 atom stereocenters. The molecule has 0 amide bonds.